The third-order valence-corrected chi connectivity index (χ3v) is 6.63. The number of rotatable bonds is 9. The average molecular weight is 473 g/mol. The molecule has 1 saturated heterocycles. The van der Waals surface area contributed by atoms with Crippen molar-refractivity contribution in [3.05, 3.63) is 68.6 Å². The van der Waals surface area contributed by atoms with E-state index in [1.54, 1.807) is 13.1 Å². The summed E-state index contributed by atoms with van der Waals surface area (Å²) in [7, 11) is 1.59. The highest BCUT2D eigenvalue weighted by Crippen LogP contribution is 2.34. The number of hydrogen-bond donors (Lipinski definition) is 0. The standard InChI is InChI=1S/C23H24N2O5S2/c1-4-15(2)16-5-8-19(9-6-16)29-11-12-30-20-10-7-18(25(27)28)13-17(20)14-21-22(26)24(3)23(31)32-21/h5-10,13-15H,4,11-12H2,1-3H3/b21-14+/t15-/m1/s1. The number of thioether (sulfide) groups is 1. The minimum absolute atomic E-state index is 0.0896. The Hall–Kier alpha value is -2.91. The number of thiocarbonyl (C=S) groups is 1. The summed E-state index contributed by atoms with van der Waals surface area (Å²) >= 11 is 6.29. The number of nitro groups is 1. The molecule has 0 aliphatic carbocycles. The zero-order valence-corrected chi connectivity index (χ0v) is 19.7. The summed E-state index contributed by atoms with van der Waals surface area (Å²) in [5.41, 5.74) is 1.61. The van der Waals surface area contributed by atoms with E-state index in [1.165, 1.54) is 28.7 Å². The van der Waals surface area contributed by atoms with Gasteiger partial charge in [0.25, 0.3) is 11.6 Å². The smallest absolute Gasteiger partial charge is 0.270 e. The highest BCUT2D eigenvalue weighted by molar-refractivity contribution is 8.26. The van der Waals surface area contributed by atoms with Crippen molar-refractivity contribution in [3.63, 3.8) is 0 Å². The van der Waals surface area contributed by atoms with Gasteiger partial charge in [-0.1, -0.05) is 50.0 Å². The Morgan fingerprint density at radius 3 is 2.47 bits per heavy atom. The van der Waals surface area contributed by atoms with Gasteiger partial charge in [0.05, 0.1) is 9.83 Å². The molecule has 1 heterocycles. The molecule has 2 aromatic rings. The Balaban J connectivity index is 1.68. The van der Waals surface area contributed by atoms with Crippen LogP contribution in [0.4, 0.5) is 5.69 Å². The van der Waals surface area contributed by atoms with Gasteiger partial charge in [0, 0.05) is 24.7 Å². The van der Waals surface area contributed by atoms with Gasteiger partial charge in [-0.25, -0.2) is 0 Å². The van der Waals surface area contributed by atoms with Crippen molar-refractivity contribution in [2.24, 2.45) is 0 Å². The zero-order valence-electron chi connectivity index (χ0n) is 18.1. The number of benzene rings is 2. The molecule has 1 amide bonds. The molecular formula is C23H24N2O5S2. The van der Waals surface area contributed by atoms with Crippen LogP contribution in [-0.2, 0) is 4.79 Å². The van der Waals surface area contributed by atoms with Crippen molar-refractivity contribution in [3.8, 4) is 11.5 Å². The fourth-order valence-electron chi connectivity index (χ4n) is 3.02. The van der Waals surface area contributed by atoms with E-state index >= 15 is 0 Å². The fourth-order valence-corrected chi connectivity index (χ4v) is 4.19. The first-order chi connectivity index (χ1) is 15.3. The second-order valence-corrected chi connectivity index (χ2v) is 8.97. The zero-order chi connectivity index (χ0) is 23.3. The molecule has 32 heavy (non-hydrogen) atoms. The van der Waals surface area contributed by atoms with E-state index in [1.807, 2.05) is 12.1 Å². The molecule has 1 atom stereocenters. The van der Waals surface area contributed by atoms with E-state index in [2.05, 4.69) is 26.0 Å². The molecule has 0 bridgehead atoms. The summed E-state index contributed by atoms with van der Waals surface area (Å²) in [5, 5.41) is 11.2. The first-order valence-corrected chi connectivity index (χ1v) is 11.4. The maximum atomic E-state index is 12.3. The van der Waals surface area contributed by atoms with Gasteiger partial charge in [0.2, 0.25) is 0 Å². The topological polar surface area (TPSA) is 81.9 Å². The van der Waals surface area contributed by atoms with Gasteiger partial charge in [-0.05, 0) is 42.2 Å². The van der Waals surface area contributed by atoms with Crippen LogP contribution < -0.4 is 9.47 Å². The lowest BCUT2D eigenvalue weighted by Crippen LogP contribution is -2.22. The van der Waals surface area contributed by atoms with Gasteiger partial charge in [0.1, 0.15) is 29.0 Å². The summed E-state index contributed by atoms with van der Waals surface area (Å²) in [5.74, 6) is 1.42. The maximum Gasteiger partial charge on any atom is 0.270 e. The van der Waals surface area contributed by atoms with Crippen LogP contribution in [0.1, 0.15) is 37.3 Å². The van der Waals surface area contributed by atoms with Crippen LogP contribution in [0.3, 0.4) is 0 Å². The summed E-state index contributed by atoms with van der Waals surface area (Å²) in [6, 6.07) is 12.3. The third-order valence-electron chi connectivity index (χ3n) is 5.15. The number of amides is 1. The van der Waals surface area contributed by atoms with Gasteiger partial charge in [-0.15, -0.1) is 0 Å². The fraction of sp³-hybridized carbons (Fsp3) is 0.304. The van der Waals surface area contributed by atoms with Gasteiger partial charge >= 0.3 is 0 Å². The maximum absolute atomic E-state index is 12.3. The number of hydrogen-bond acceptors (Lipinski definition) is 7. The van der Waals surface area contributed by atoms with Gasteiger partial charge in [0.15, 0.2) is 0 Å². The Morgan fingerprint density at radius 2 is 1.88 bits per heavy atom. The van der Waals surface area contributed by atoms with Crippen LogP contribution in [0.15, 0.2) is 47.4 Å². The van der Waals surface area contributed by atoms with Crippen LogP contribution >= 0.6 is 24.0 Å². The Bertz CT molecular complexity index is 1050. The second-order valence-electron chi connectivity index (χ2n) is 7.30. The molecule has 7 nitrogen and oxygen atoms in total. The normalized spacial score (nSPS) is 15.8. The van der Waals surface area contributed by atoms with Crippen molar-refractivity contribution in [1.82, 2.24) is 4.90 Å². The van der Waals surface area contributed by atoms with E-state index in [-0.39, 0.29) is 18.2 Å². The van der Waals surface area contributed by atoms with E-state index in [9.17, 15) is 14.9 Å². The molecule has 0 saturated carbocycles. The monoisotopic (exact) mass is 472 g/mol. The first-order valence-electron chi connectivity index (χ1n) is 10.2. The van der Waals surface area contributed by atoms with Crippen LogP contribution in [0.25, 0.3) is 6.08 Å². The molecule has 9 heteroatoms. The molecule has 0 N–H and O–H groups in total. The molecule has 0 spiro atoms. The summed E-state index contributed by atoms with van der Waals surface area (Å²) < 4.78 is 12.0. The first kappa shape index (κ1) is 23.7. The Morgan fingerprint density at radius 1 is 1.19 bits per heavy atom. The van der Waals surface area contributed by atoms with Crippen molar-refractivity contribution in [2.75, 3.05) is 20.3 Å². The van der Waals surface area contributed by atoms with Gasteiger partial charge in [-0.3, -0.25) is 19.8 Å². The lowest BCUT2D eigenvalue weighted by Gasteiger charge is -2.12. The molecular weight excluding hydrogens is 448 g/mol. The van der Waals surface area contributed by atoms with Crippen LogP contribution in [0.5, 0.6) is 11.5 Å². The number of carbonyl (C=O) groups excluding carboxylic acids is 1. The molecule has 0 radical (unpaired) electrons. The predicted molar refractivity (Wildman–Crippen MR) is 130 cm³/mol. The highest BCUT2D eigenvalue weighted by Gasteiger charge is 2.29. The Labute approximate surface area is 196 Å². The van der Waals surface area contributed by atoms with Gasteiger partial charge < -0.3 is 9.47 Å². The minimum Gasteiger partial charge on any atom is -0.490 e. The molecule has 3 rings (SSSR count). The predicted octanol–water partition coefficient (Wildman–Crippen LogP) is 5.40. The molecule has 1 fully saturated rings. The molecule has 1 aliphatic heterocycles. The lowest BCUT2D eigenvalue weighted by molar-refractivity contribution is -0.384. The number of nitro benzene ring substituents is 1. The lowest BCUT2D eigenvalue weighted by atomic mass is 9.99. The van der Waals surface area contributed by atoms with Crippen molar-refractivity contribution in [2.45, 2.75) is 26.2 Å². The quantitative estimate of drug-likeness (QED) is 0.159. The SMILES string of the molecule is CC[C@@H](C)c1ccc(OCCOc2ccc([N+](=O)[O-])cc2/C=C2/SC(=S)N(C)C2=O)cc1. The summed E-state index contributed by atoms with van der Waals surface area (Å²) in [6.07, 6.45) is 2.65. The number of nitrogens with zero attached hydrogens (tertiary/aromatic N) is 2. The largest absolute Gasteiger partial charge is 0.490 e. The number of carbonyl (C=O) groups is 1. The minimum atomic E-state index is -0.488. The van der Waals surface area contributed by atoms with E-state index < -0.39 is 4.92 Å². The average Bonchev–Trinajstić information content (AvgIpc) is 3.03. The highest BCUT2D eigenvalue weighted by atomic mass is 32.2. The number of ether oxygens (including phenoxy) is 2. The molecule has 168 valence electrons. The van der Waals surface area contributed by atoms with Crippen LogP contribution in [-0.4, -0.2) is 40.3 Å². The van der Waals surface area contributed by atoms with Crippen LogP contribution in [0.2, 0.25) is 0 Å². The summed E-state index contributed by atoms with van der Waals surface area (Å²) in [4.78, 5) is 24.8. The molecule has 0 aromatic heterocycles. The summed E-state index contributed by atoms with van der Waals surface area (Å²) in [6.45, 7) is 4.88. The molecule has 1 aliphatic rings. The van der Waals surface area contributed by atoms with Crippen molar-refractivity contribution in [1.29, 1.82) is 0 Å². The van der Waals surface area contributed by atoms with Crippen molar-refractivity contribution < 1.29 is 19.2 Å². The third kappa shape index (κ3) is 5.66. The van der Waals surface area contributed by atoms with E-state index in [0.717, 1.165) is 23.9 Å². The number of likely N-dealkylation sites (N-methyl/N-ethyl adjacent to an activating group) is 1. The molecule has 2 aromatic carbocycles. The van der Waals surface area contributed by atoms with E-state index in [4.69, 9.17) is 21.7 Å². The van der Waals surface area contributed by atoms with Crippen LogP contribution in [0, 0.1) is 10.1 Å². The van der Waals surface area contributed by atoms with Crippen molar-refractivity contribution >= 4 is 46.0 Å². The molecule has 0 unspecified atom stereocenters. The second kappa shape index (κ2) is 10.6. The number of non-ortho nitro benzene ring substituents is 1. The van der Waals surface area contributed by atoms with E-state index in [0.29, 0.717) is 33.1 Å². The Kier molecular flexibility index (Phi) is 7.87. The van der Waals surface area contributed by atoms with Gasteiger partial charge in [-0.2, -0.15) is 0 Å².